The molecule has 0 bridgehead atoms. The number of halogens is 1. The van der Waals surface area contributed by atoms with Crippen LogP contribution in [0.25, 0.3) is 0 Å². The van der Waals surface area contributed by atoms with Gasteiger partial charge < -0.3 is 26.2 Å². The predicted molar refractivity (Wildman–Crippen MR) is 120 cm³/mol. The summed E-state index contributed by atoms with van der Waals surface area (Å²) in [6.07, 6.45) is 14.9. The topological polar surface area (TPSA) is 26.3 Å². The van der Waals surface area contributed by atoms with E-state index in [9.17, 15) is 4.79 Å². The van der Waals surface area contributed by atoms with Gasteiger partial charge in [-0.05, 0) is 31.9 Å². The fourth-order valence-electron chi connectivity index (χ4n) is 3.70. The van der Waals surface area contributed by atoms with Crippen molar-refractivity contribution >= 4 is 5.78 Å². The van der Waals surface area contributed by atoms with Crippen molar-refractivity contribution in [1.82, 2.24) is 0 Å². The Morgan fingerprint density at radius 1 is 0.828 bits per heavy atom. The molecule has 0 aliphatic heterocycles. The van der Waals surface area contributed by atoms with Crippen LogP contribution in [0.1, 0.15) is 94.8 Å². The second-order valence-electron chi connectivity index (χ2n) is 8.82. The normalized spacial score (nSPS) is 11.2. The lowest BCUT2D eigenvalue weighted by Gasteiger charge is -2.30. The van der Waals surface area contributed by atoms with Gasteiger partial charge in [0.05, 0.1) is 39.4 Å². The molecular formula is C25H44BrNO2. The Labute approximate surface area is 190 Å². The number of nitrogens with zero attached hydrogens (tertiary/aromatic N) is 1. The first-order chi connectivity index (χ1) is 13.5. The number of Topliss-reactive ketones (excluding diaryl/α,β-unsaturated/α-hetero) is 1. The van der Waals surface area contributed by atoms with Gasteiger partial charge >= 0.3 is 0 Å². The maximum atomic E-state index is 11.6. The first-order valence-electron chi connectivity index (χ1n) is 11.5. The summed E-state index contributed by atoms with van der Waals surface area (Å²) in [5, 5.41) is 0. The average molecular weight is 471 g/mol. The molecule has 0 unspecified atom stereocenters. The molecule has 168 valence electrons. The van der Waals surface area contributed by atoms with Gasteiger partial charge in [0.25, 0.3) is 0 Å². The van der Waals surface area contributed by atoms with E-state index in [1.54, 1.807) is 6.92 Å². The third kappa shape index (κ3) is 13.9. The highest BCUT2D eigenvalue weighted by molar-refractivity contribution is 5.96. The molecule has 0 saturated carbocycles. The van der Waals surface area contributed by atoms with Crippen molar-refractivity contribution in [1.29, 1.82) is 0 Å². The number of carbonyl (C=O) groups excluding carboxylic acids is 1. The molecule has 0 atom stereocenters. The van der Waals surface area contributed by atoms with Gasteiger partial charge in [-0.25, -0.2) is 0 Å². The van der Waals surface area contributed by atoms with E-state index in [0.29, 0.717) is 12.2 Å². The first-order valence-corrected chi connectivity index (χ1v) is 11.5. The molecular weight excluding hydrogens is 426 g/mol. The molecule has 0 aliphatic rings. The van der Waals surface area contributed by atoms with E-state index in [4.69, 9.17) is 4.74 Å². The molecule has 0 aromatic heterocycles. The van der Waals surface area contributed by atoms with Crippen molar-refractivity contribution in [3.05, 3.63) is 29.8 Å². The predicted octanol–water partition coefficient (Wildman–Crippen LogP) is 3.66. The molecule has 3 nitrogen and oxygen atoms in total. The minimum absolute atomic E-state index is 0. The molecule has 1 aromatic carbocycles. The van der Waals surface area contributed by atoms with E-state index < -0.39 is 0 Å². The van der Waals surface area contributed by atoms with Crippen molar-refractivity contribution in [3.8, 4) is 5.75 Å². The fraction of sp³-hybridized carbons (Fsp3) is 0.720. The van der Waals surface area contributed by atoms with Gasteiger partial charge in [-0.3, -0.25) is 4.79 Å². The number of unbranched alkanes of at least 4 members (excludes halogenated alkanes) is 9. The highest BCUT2D eigenvalue weighted by Crippen LogP contribution is 2.19. The van der Waals surface area contributed by atoms with Crippen LogP contribution in [-0.2, 0) is 0 Å². The van der Waals surface area contributed by atoms with E-state index in [-0.39, 0.29) is 22.8 Å². The third-order valence-electron chi connectivity index (χ3n) is 5.55. The number of quaternary nitrogens is 1. The number of hydrogen-bond donors (Lipinski definition) is 0. The van der Waals surface area contributed by atoms with Gasteiger partial charge in [0.15, 0.2) is 5.78 Å². The number of benzene rings is 1. The Kier molecular flexibility index (Phi) is 16.4. The van der Waals surface area contributed by atoms with E-state index in [1.165, 1.54) is 70.8 Å². The van der Waals surface area contributed by atoms with Crippen molar-refractivity contribution in [2.75, 3.05) is 33.8 Å². The molecule has 0 amide bonds. The number of ketones is 1. The molecule has 0 N–H and O–H groups in total. The highest BCUT2D eigenvalue weighted by Gasteiger charge is 2.14. The van der Waals surface area contributed by atoms with Crippen LogP contribution in [0.3, 0.4) is 0 Å². The van der Waals surface area contributed by atoms with E-state index in [2.05, 4.69) is 21.0 Å². The van der Waals surface area contributed by atoms with Crippen molar-refractivity contribution < 1.29 is 31.0 Å². The highest BCUT2D eigenvalue weighted by atomic mass is 79.9. The molecule has 1 rings (SSSR count). The van der Waals surface area contributed by atoms with Gasteiger partial charge in [0.2, 0.25) is 0 Å². The molecule has 29 heavy (non-hydrogen) atoms. The summed E-state index contributed by atoms with van der Waals surface area (Å²) in [7, 11) is 4.63. The van der Waals surface area contributed by atoms with Gasteiger partial charge in [0, 0.05) is 6.42 Å². The number of rotatable bonds is 17. The van der Waals surface area contributed by atoms with Crippen LogP contribution >= 0.6 is 0 Å². The second kappa shape index (κ2) is 16.9. The lowest BCUT2D eigenvalue weighted by molar-refractivity contribution is -0.890. The number of para-hydroxylation sites is 1. The molecule has 0 saturated heterocycles. The fourth-order valence-corrected chi connectivity index (χ4v) is 3.70. The van der Waals surface area contributed by atoms with Crippen LogP contribution in [-0.4, -0.2) is 44.1 Å². The van der Waals surface area contributed by atoms with E-state index in [1.807, 2.05) is 24.3 Å². The Morgan fingerprint density at radius 3 is 1.93 bits per heavy atom. The zero-order valence-corrected chi connectivity index (χ0v) is 20.9. The molecule has 0 fully saturated rings. The van der Waals surface area contributed by atoms with Gasteiger partial charge in [-0.15, -0.1) is 0 Å². The van der Waals surface area contributed by atoms with Crippen LogP contribution in [0.15, 0.2) is 24.3 Å². The second-order valence-corrected chi connectivity index (χ2v) is 8.82. The summed E-state index contributed by atoms with van der Waals surface area (Å²) in [5.74, 6) is 0.780. The largest absolute Gasteiger partial charge is 1.00 e. The quantitative estimate of drug-likeness (QED) is 0.197. The van der Waals surface area contributed by atoms with E-state index in [0.717, 1.165) is 23.2 Å². The summed E-state index contributed by atoms with van der Waals surface area (Å²) >= 11 is 0. The summed E-state index contributed by atoms with van der Waals surface area (Å²) < 4.78 is 6.92. The standard InChI is InChI=1S/C25H44NO2.BrH/c1-5-6-7-8-9-10-11-12-13-16-20-26(3,4)21-17-22-28-25-19-15-14-18-24(25)23(2)27;/h14-15,18-19H,5-13,16-17,20-22H2,1-4H3;1H/q+1;/p-1. The smallest absolute Gasteiger partial charge is 0.163 e. The lowest BCUT2D eigenvalue weighted by Crippen LogP contribution is -3.00. The Balaban J connectivity index is 0.00000784. The molecule has 1 aromatic rings. The summed E-state index contributed by atoms with van der Waals surface area (Å²) in [6, 6.07) is 7.53. The number of hydrogen-bond acceptors (Lipinski definition) is 2. The van der Waals surface area contributed by atoms with Crippen LogP contribution in [0.4, 0.5) is 0 Å². The maximum Gasteiger partial charge on any atom is 0.163 e. The SMILES string of the molecule is CCCCCCCCCCCC[N+](C)(C)CCCOc1ccccc1C(C)=O.[Br-]. The van der Waals surface area contributed by atoms with Gasteiger partial charge in [-0.2, -0.15) is 0 Å². The first kappa shape index (κ1) is 28.1. The van der Waals surface area contributed by atoms with Gasteiger partial charge in [0.1, 0.15) is 5.75 Å². The third-order valence-corrected chi connectivity index (χ3v) is 5.55. The minimum Gasteiger partial charge on any atom is -1.00 e. The monoisotopic (exact) mass is 469 g/mol. The molecule has 0 spiro atoms. The molecule has 0 radical (unpaired) electrons. The van der Waals surface area contributed by atoms with Crippen LogP contribution in [0, 0.1) is 0 Å². The summed E-state index contributed by atoms with van der Waals surface area (Å²) in [4.78, 5) is 11.6. The number of carbonyl (C=O) groups is 1. The van der Waals surface area contributed by atoms with Crippen molar-refractivity contribution in [2.24, 2.45) is 0 Å². The molecule has 0 aliphatic carbocycles. The average Bonchev–Trinajstić information content (AvgIpc) is 2.67. The summed E-state index contributed by atoms with van der Waals surface area (Å²) in [6.45, 7) is 6.89. The van der Waals surface area contributed by atoms with Gasteiger partial charge in [-0.1, -0.05) is 70.4 Å². The molecule has 0 heterocycles. The zero-order chi connectivity index (χ0) is 20.7. The summed E-state index contributed by atoms with van der Waals surface area (Å²) in [5.41, 5.74) is 0.682. The van der Waals surface area contributed by atoms with Crippen LogP contribution in [0.2, 0.25) is 0 Å². The van der Waals surface area contributed by atoms with Crippen LogP contribution in [0.5, 0.6) is 5.75 Å². The molecule has 4 heteroatoms. The van der Waals surface area contributed by atoms with E-state index >= 15 is 0 Å². The Bertz CT molecular complexity index is 545. The van der Waals surface area contributed by atoms with Crippen molar-refractivity contribution in [2.45, 2.75) is 84.5 Å². The Hall–Kier alpha value is -0.870. The maximum absolute atomic E-state index is 11.6. The van der Waals surface area contributed by atoms with Crippen LogP contribution < -0.4 is 21.7 Å². The minimum atomic E-state index is 0. The zero-order valence-electron chi connectivity index (χ0n) is 19.4. The van der Waals surface area contributed by atoms with Crippen molar-refractivity contribution in [3.63, 3.8) is 0 Å². The Morgan fingerprint density at radius 2 is 1.34 bits per heavy atom. The lowest BCUT2D eigenvalue weighted by atomic mass is 10.1. The number of ether oxygens (including phenoxy) is 1.